The van der Waals surface area contributed by atoms with Crippen molar-refractivity contribution in [2.24, 2.45) is 0 Å². The molecule has 0 aromatic heterocycles. The smallest absolute Gasteiger partial charge is 0.337 e. The van der Waals surface area contributed by atoms with Crippen LogP contribution in [-0.2, 0) is 9.53 Å². The van der Waals surface area contributed by atoms with E-state index in [9.17, 15) is 9.59 Å². The summed E-state index contributed by atoms with van der Waals surface area (Å²) in [6.45, 7) is 3.96. The van der Waals surface area contributed by atoms with Gasteiger partial charge in [-0.05, 0) is 48.0 Å². The normalized spacial score (nSPS) is 10.2. The number of methoxy groups -OCH3 is 1. The molecule has 0 heterocycles. The van der Waals surface area contributed by atoms with Gasteiger partial charge in [0.2, 0.25) is 0 Å². The van der Waals surface area contributed by atoms with Gasteiger partial charge in [-0.1, -0.05) is 38.1 Å². The van der Waals surface area contributed by atoms with Crippen LogP contribution in [-0.4, -0.2) is 30.7 Å². The molecule has 0 aliphatic carbocycles. The zero-order valence-corrected chi connectivity index (χ0v) is 16.3. The van der Waals surface area contributed by atoms with Gasteiger partial charge in [0.15, 0.2) is 11.7 Å². The molecule has 0 aliphatic rings. The number of para-hydroxylation sites is 1. The number of benzene rings is 2. The Labute approximate surface area is 163 Å². The van der Waals surface area contributed by atoms with Gasteiger partial charge in [0.25, 0.3) is 5.91 Å². The van der Waals surface area contributed by atoms with E-state index in [1.807, 2.05) is 24.3 Å². The highest BCUT2D eigenvalue weighted by atomic mass is 32.1. The maximum atomic E-state index is 12.1. The van der Waals surface area contributed by atoms with Crippen LogP contribution in [0.15, 0.2) is 48.5 Å². The van der Waals surface area contributed by atoms with E-state index >= 15 is 0 Å². The predicted molar refractivity (Wildman–Crippen MR) is 108 cm³/mol. The van der Waals surface area contributed by atoms with Crippen molar-refractivity contribution in [3.05, 3.63) is 59.7 Å². The number of carbonyl (C=O) groups is 2. The van der Waals surface area contributed by atoms with Crippen molar-refractivity contribution >= 4 is 34.9 Å². The van der Waals surface area contributed by atoms with E-state index in [1.165, 1.54) is 7.11 Å². The Morgan fingerprint density at radius 2 is 1.85 bits per heavy atom. The summed E-state index contributed by atoms with van der Waals surface area (Å²) < 4.78 is 10.3. The van der Waals surface area contributed by atoms with Crippen molar-refractivity contribution < 1.29 is 19.1 Å². The molecule has 2 aromatic carbocycles. The van der Waals surface area contributed by atoms with Gasteiger partial charge >= 0.3 is 5.97 Å². The fraction of sp³-hybridized carbons (Fsp3) is 0.250. The first-order valence-corrected chi connectivity index (χ1v) is 8.82. The molecule has 0 atom stereocenters. The topological polar surface area (TPSA) is 76.7 Å². The van der Waals surface area contributed by atoms with Crippen LogP contribution in [0.3, 0.4) is 0 Å². The van der Waals surface area contributed by atoms with E-state index in [4.69, 9.17) is 17.0 Å². The zero-order chi connectivity index (χ0) is 19.8. The lowest BCUT2D eigenvalue weighted by Crippen LogP contribution is -2.37. The highest BCUT2D eigenvalue weighted by Crippen LogP contribution is 2.25. The maximum Gasteiger partial charge on any atom is 0.337 e. The summed E-state index contributed by atoms with van der Waals surface area (Å²) in [6, 6.07) is 14.2. The Kier molecular flexibility index (Phi) is 7.31. The Bertz CT molecular complexity index is 836. The van der Waals surface area contributed by atoms with Crippen molar-refractivity contribution in [3.63, 3.8) is 0 Å². The van der Waals surface area contributed by atoms with Gasteiger partial charge in [-0.2, -0.15) is 0 Å². The third kappa shape index (κ3) is 6.07. The Morgan fingerprint density at radius 3 is 2.56 bits per heavy atom. The minimum absolute atomic E-state index is 0.114. The molecule has 0 spiro atoms. The number of carbonyl (C=O) groups excluding carboxylic acids is 2. The number of nitrogens with one attached hydrogen (secondary N) is 2. The minimum atomic E-state index is -0.453. The molecule has 0 fully saturated rings. The lowest BCUT2D eigenvalue weighted by molar-refractivity contribution is -0.121. The molecule has 0 bridgehead atoms. The number of esters is 1. The number of anilines is 1. The Morgan fingerprint density at radius 1 is 1.11 bits per heavy atom. The van der Waals surface area contributed by atoms with Crippen molar-refractivity contribution in [1.29, 1.82) is 0 Å². The lowest BCUT2D eigenvalue weighted by atomic mass is 10.0. The first kappa shape index (κ1) is 20.4. The monoisotopic (exact) mass is 386 g/mol. The number of hydrogen-bond donors (Lipinski definition) is 2. The van der Waals surface area contributed by atoms with Crippen LogP contribution in [0.5, 0.6) is 5.75 Å². The van der Waals surface area contributed by atoms with Crippen LogP contribution in [0.25, 0.3) is 0 Å². The molecule has 0 unspecified atom stereocenters. The van der Waals surface area contributed by atoms with Gasteiger partial charge in [-0.25, -0.2) is 4.79 Å². The Hall–Kier alpha value is -2.93. The van der Waals surface area contributed by atoms with Gasteiger partial charge in [-0.3, -0.25) is 10.1 Å². The second-order valence-corrected chi connectivity index (χ2v) is 6.46. The predicted octanol–water partition coefficient (Wildman–Crippen LogP) is 3.49. The highest BCUT2D eigenvalue weighted by Gasteiger charge is 2.11. The van der Waals surface area contributed by atoms with E-state index in [0.29, 0.717) is 17.0 Å². The van der Waals surface area contributed by atoms with E-state index < -0.39 is 5.97 Å². The fourth-order valence-corrected chi connectivity index (χ4v) is 2.63. The van der Waals surface area contributed by atoms with Gasteiger partial charge < -0.3 is 14.8 Å². The van der Waals surface area contributed by atoms with Crippen molar-refractivity contribution in [1.82, 2.24) is 5.32 Å². The largest absolute Gasteiger partial charge is 0.483 e. The van der Waals surface area contributed by atoms with E-state index in [1.54, 1.807) is 24.3 Å². The third-order valence-electron chi connectivity index (χ3n) is 3.69. The first-order chi connectivity index (χ1) is 12.9. The van der Waals surface area contributed by atoms with Crippen molar-refractivity contribution in [2.45, 2.75) is 19.8 Å². The van der Waals surface area contributed by atoms with Crippen LogP contribution in [0.2, 0.25) is 0 Å². The summed E-state index contributed by atoms with van der Waals surface area (Å²) in [5.74, 6) is 0.127. The average molecular weight is 386 g/mol. The summed E-state index contributed by atoms with van der Waals surface area (Å²) in [6.07, 6.45) is 0. The highest BCUT2D eigenvalue weighted by molar-refractivity contribution is 7.80. The summed E-state index contributed by atoms with van der Waals surface area (Å²) in [7, 11) is 1.31. The summed E-state index contributed by atoms with van der Waals surface area (Å²) in [4.78, 5) is 23.6. The van der Waals surface area contributed by atoms with Crippen LogP contribution in [0, 0.1) is 0 Å². The number of thiocarbonyl (C=S) groups is 1. The summed E-state index contributed by atoms with van der Waals surface area (Å²) >= 11 is 5.13. The number of ether oxygens (including phenoxy) is 2. The molecule has 7 heteroatoms. The second-order valence-electron chi connectivity index (χ2n) is 6.06. The first-order valence-electron chi connectivity index (χ1n) is 8.41. The molecule has 0 saturated carbocycles. The standard InChI is InChI=1S/C20H22N2O4S/c1-13(2)16-9-4-5-10-17(16)26-12-18(23)22-20(27)21-15-8-6-7-14(11-15)19(24)25-3/h4-11,13H,12H2,1-3H3,(H2,21,22,23,27). The van der Waals surface area contributed by atoms with Crippen LogP contribution >= 0.6 is 12.2 Å². The second kappa shape index (κ2) is 9.68. The number of amides is 1. The quantitative estimate of drug-likeness (QED) is 0.585. The SMILES string of the molecule is COC(=O)c1cccc(NC(=S)NC(=O)COc2ccccc2C(C)C)c1. The van der Waals surface area contributed by atoms with Gasteiger partial charge in [0.1, 0.15) is 5.75 Å². The summed E-state index contributed by atoms with van der Waals surface area (Å²) in [5, 5.41) is 5.52. The van der Waals surface area contributed by atoms with E-state index in [0.717, 1.165) is 5.56 Å². The molecular formula is C20H22N2O4S. The molecule has 142 valence electrons. The molecule has 2 N–H and O–H groups in total. The molecule has 0 aliphatic heterocycles. The average Bonchev–Trinajstić information content (AvgIpc) is 2.65. The van der Waals surface area contributed by atoms with Crippen molar-refractivity contribution in [3.8, 4) is 5.75 Å². The van der Waals surface area contributed by atoms with Crippen LogP contribution in [0.4, 0.5) is 5.69 Å². The molecule has 0 saturated heterocycles. The van der Waals surface area contributed by atoms with Gasteiger partial charge in [0, 0.05) is 5.69 Å². The van der Waals surface area contributed by atoms with Crippen LogP contribution in [0.1, 0.15) is 35.7 Å². The molecule has 27 heavy (non-hydrogen) atoms. The molecule has 2 rings (SSSR count). The maximum absolute atomic E-state index is 12.1. The lowest BCUT2D eigenvalue weighted by Gasteiger charge is -2.14. The number of hydrogen-bond acceptors (Lipinski definition) is 5. The van der Waals surface area contributed by atoms with E-state index in [-0.39, 0.29) is 23.5 Å². The summed E-state index contributed by atoms with van der Waals surface area (Å²) in [5.41, 5.74) is 1.98. The molecule has 0 radical (unpaired) electrons. The van der Waals surface area contributed by atoms with Crippen LogP contribution < -0.4 is 15.4 Å². The van der Waals surface area contributed by atoms with Gasteiger partial charge in [-0.15, -0.1) is 0 Å². The zero-order valence-electron chi connectivity index (χ0n) is 15.4. The molecule has 2 aromatic rings. The van der Waals surface area contributed by atoms with E-state index in [2.05, 4.69) is 29.2 Å². The van der Waals surface area contributed by atoms with Gasteiger partial charge in [0.05, 0.1) is 12.7 Å². The molecule has 1 amide bonds. The third-order valence-corrected chi connectivity index (χ3v) is 3.90. The fourth-order valence-electron chi connectivity index (χ4n) is 2.40. The molecule has 6 nitrogen and oxygen atoms in total. The minimum Gasteiger partial charge on any atom is -0.483 e. The number of rotatable bonds is 6. The van der Waals surface area contributed by atoms with Crippen molar-refractivity contribution in [2.75, 3.05) is 19.0 Å². The Balaban J connectivity index is 1.89. The molecular weight excluding hydrogens is 364 g/mol.